The molecule has 1 aliphatic heterocycles. The third kappa shape index (κ3) is 2.82. The highest BCUT2D eigenvalue weighted by atomic mass is 32.1. The molecule has 1 saturated heterocycles. The fraction of sp³-hybridized carbons (Fsp3) is 0.700. The SMILES string of the molecule is CC(=O)C1CCCN(Cc2cnsn2)C1. The first kappa shape index (κ1) is 10.7. The lowest BCUT2D eigenvalue weighted by Crippen LogP contribution is -2.37. The molecule has 1 aromatic rings. The second-order valence-electron chi connectivity index (χ2n) is 4.08. The van der Waals surface area contributed by atoms with Gasteiger partial charge in [-0.05, 0) is 26.3 Å². The topological polar surface area (TPSA) is 46.1 Å². The number of ketones is 1. The van der Waals surface area contributed by atoms with Crippen molar-refractivity contribution in [2.75, 3.05) is 13.1 Å². The summed E-state index contributed by atoms with van der Waals surface area (Å²) in [6.45, 7) is 4.48. The summed E-state index contributed by atoms with van der Waals surface area (Å²) in [6, 6.07) is 0. The van der Waals surface area contributed by atoms with Gasteiger partial charge in [0.25, 0.3) is 0 Å². The van der Waals surface area contributed by atoms with Gasteiger partial charge in [-0.1, -0.05) is 0 Å². The van der Waals surface area contributed by atoms with Crippen molar-refractivity contribution in [2.24, 2.45) is 5.92 Å². The van der Waals surface area contributed by atoms with Gasteiger partial charge in [-0.3, -0.25) is 9.69 Å². The van der Waals surface area contributed by atoms with E-state index >= 15 is 0 Å². The summed E-state index contributed by atoms with van der Waals surface area (Å²) < 4.78 is 8.16. The van der Waals surface area contributed by atoms with Gasteiger partial charge in [-0.15, -0.1) is 0 Å². The van der Waals surface area contributed by atoms with Gasteiger partial charge in [0.1, 0.15) is 5.78 Å². The number of Topliss-reactive ketones (excluding diaryl/α,β-unsaturated/α-hetero) is 1. The molecular weight excluding hydrogens is 210 g/mol. The van der Waals surface area contributed by atoms with Crippen LogP contribution in [0.25, 0.3) is 0 Å². The Morgan fingerprint density at radius 1 is 1.73 bits per heavy atom. The van der Waals surface area contributed by atoms with E-state index in [-0.39, 0.29) is 5.92 Å². The predicted molar refractivity (Wildman–Crippen MR) is 58.6 cm³/mol. The fourth-order valence-electron chi connectivity index (χ4n) is 2.01. The highest BCUT2D eigenvalue weighted by Crippen LogP contribution is 2.18. The Hall–Kier alpha value is -0.810. The number of piperidine rings is 1. The standard InChI is InChI=1S/C10H15N3OS/c1-8(14)9-3-2-4-13(6-9)7-10-5-11-15-12-10/h5,9H,2-4,6-7H2,1H3. The van der Waals surface area contributed by atoms with Gasteiger partial charge in [0.2, 0.25) is 0 Å². The van der Waals surface area contributed by atoms with E-state index in [0.717, 1.165) is 38.2 Å². The second-order valence-corrected chi connectivity index (χ2v) is 4.64. The van der Waals surface area contributed by atoms with Crippen LogP contribution >= 0.6 is 11.7 Å². The molecule has 2 rings (SSSR count). The minimum Gasteiger partial charge on any atom is -0.300 e. The number of nitrogens with zero attached hydrogens (tertiary/aromatic N) is 3. The molecule has 1 atom stereocenters. The molecule has 0 aromatic carbocycles. The maximum atomic E-state index is 11.3. The molecular formula is C10H15N3OS. The van der Waals surface area contributed by atoms with Crippen LogP contribution in [0.15, 0.2) is 6.20 Å². The van der Waals surface area contributed by atoms with Gasteiger partial charge in [0.15, 0.2) is 0 Å². The van der Waals surface area contributed by atoms with Crippen LogP contribution in [-0.4, -0.2) is 32.5 Å². The van der Waals surface area contributed by atoms with Gasteiger partial charge in [-0.25, -0.2) is 0 Å². The zero-order valence-electron chi connectivity index (χ0n) is 8.85. The number of carbonyl (C=O) groups is 1. The van der Waals surface area contributed by atoms with Crippen LogP contribution in [0.4, 0.5) is 0 Å². The van der Waals surface area contributed by atoms with E-state index in [0.29, 0.717) is 5.78 Å². The van der Waals surface area contributed by atoms with Crippen molar-refractivity contribution >= 4 is 17.5 Å². The van der Waals surface area contributed by atoms with E-state index in [1.54, 1.807) is 6.92 Å². The van der Waals surface area contributed by atoms with Gasteiger partial charge in [-0.2, -0.15) is 8.75 Å². The third-order valence-electron chi connectivity index (χ3n) is 2.87. The van der Waals surface area contributed by atoms with Gasteiger partial charge < -0.3 is 0 Å². The van der Waals surface area contributed by atoms with E-state index < -0.39 is 0 Å². The normalized spacial score (nSPS) is 22.9. The van der Waals surface area contributed by atoms with Crippen molar-refractivity contribution in [3.63, 3.8) is 0 Å². The lowest BCUT2D eigenvalue weighted by atomic mass is 9.94. The van der Waals surface area contributed by atoms with Crippen molar-refractivity contribution < 1.29 is 4.79 Å². The summed E-state index contributed by atoms with van der Waals surface area (Å²) in [5, 5.41) is 0. The van der Waals surface area contributed by atoms with Gasteiger partial charge in [0.05, 0.1) is 23.6 Å². The molecule has 4 nitrogen and oxygen atoms in total. The number of likely N-dealkylation sites (tertiary alicyclic amines) is 1. The van der Waals surface area contributed by atoms with Crippen molar-refractivity contribution in [2.45, 2.75) is 26.3 Å². The highest BCUT2D eigenvalue weighted by molar-refractivity contribution is 6.99. The number of hydrogen-bond acceptors (Lipinski definition) is 5. The third-order valence-corrected chi connectivity index (χ3v) is 3.39. The Kier molecular flexibility index (Phi) is 3.43. The molecule has 2 heterocycles. The Morgan fingerprint density at radius 3 is 3.27 bits per heavy atom. The molecule has 1 unspecified atom stereocenters. The molecule has 0 spiro atoms. The smallest absolute Gasteiger partial charge is 0.134 e. The molecule has 1 aliphatic rings. The maximum absolute atomic E-state index is 11.3. The Labute approximate surface area is 93.6 Å². The molecule has 0 saturated carbocycles. The van der Waals surface area contributed by atoms with Crippen molar-refractivity contribution in [1.82, 2.24) is 13.6 Å². The van der Waals surface area contributed by atoms with Gasteiger partial charge in [0, 0.05) is 19.0 Å². The summed E-state index contributed by atoms with van der Waals surface area (Å²) in [7, 11) is 0. The van der Waals surface area contributed by atoms with Crippen molar-refractivity contribution in [3.8, 4) is 0 Å². The molecule has 0 radical (unpaired) electrons. The number of hydrogen-bond donors (Lipinski definition) is 0. The quantitative estimate of drug-likeness (QED) is 0.778. The predicted octanol–water partition coefficient (Wildman–Crippen LogP) is 1.34. The van der Waals surface area contributed by atoms with Crippen LogP contribution in [0.1, 0.15) is 25.5 Å². The van der Waals surface area contributed by atoms with E-state index in [9.17, 15) is 4.79 Å². The summed E-state index contributed by atoms with van der Waals surface area (Å²) >= 11 is 1.24. The van der Waals surface area contributed by atoms with Crippen molar-refractivity contribution in [3.05, 3.63) is 11.9 Å². The monoisotopic (exact) mass is 225 g/mol. The first-order chi connectivity index (χ1) is 7.25. The minimum atomic E-state index is 0.227. The zero-order chi connectivity index (χ0) is 10.7. The second kappa shape index (κ2) is 4.81. The molecule has 0 aliphatic carbocycles. The van der Waals surface area contributed by atoms with Crippen molar-refractivity contribution in [1.29, 1.82) is 0 Å². The van der Waals surface area contributed by atoms with E-state index in [1.165, 1.54) is 11.7 Å². The Balaban J connectivity index is 1.90. The summed E-state index contributed by atoms with van der Waals surface area (Å²) in [5.41, 5.74) is 1.02. The summed E-state index contributed by atoms with van der Waals surface area (Å²) in [4.78, 5) is 13.6. The minimum absolute atomic E-state index is 0.227. The molecule has 82 valence electrons. The summed E-state index contributed by atoms with van der Waals surface area (Å²) in [6.07, 6.45) is 3.96. The van der Waals surface area contributed by atoms with Crippen LogP contribution in [0.2, 0.25) is 0 Å². The van der Waals surface area contributed by atoms with E-state index in [1.807, 2.05) is 6.20 Å². The average molecular weight is 225 g/mol. The molecule has 5 heteroatoms. The number of aromatic nitrogens is 2. The zero-order valence-corrected chi connectivity index (χ0v) is 9.66. The molecule has 1 aromatic heterocycles. The van der Waals surface area contributed by atoms with E-state index in [2.05, 4.69) is 13.6 Å². The molecule has 0 amide bonds. The first-order valence-corrected chi connectivity index (χ1v) is 5.98. The first-order valence-electron chi connectivity index (χ1n) is 5.25. The van der Waals surface area contributed by atoms with Crippen LogP contribution in [0, 0.1) is 5.92 Å². The lowest BCUT2D eigenvalue weighted by Gasteiger charge is -2.30. The number of carbonyl (C=O) groups excluding carboxylic acids is 1. The van der Waals surface area contributed by atoms with Crippen LogP contribution in [-0.2, 0) is 11.3 Å². The molecule has 0 bridgehead atoms. The average Bonchev–Trinajstić information content (AvgIpc) is 2.71. The molecule has 1 fully saturated rings. The Bertz CT molecular complexity index is 325. The van der Waals surface area contributed by atoms with E-state index in [4.69, 9.17) is 0 Å². The van der Waals surface area contributed by atoms with Crippen LogP contribution in [0.3, 0.4) is 0 Å². The molecule has 15 heavy (non-hydrogen) atoms. The molecule has 0 N–H and O–H groups in total. The highest BCUT2D eigenvalue weighted by Gasteiger charge is 2.23. The number of rotatable bonds is 3. The summed E-state index contributed by atoms with van der Waals surface area (Å²) in [5.74, 6) is 0.543. The van der Waals surface area contributed by atoms with Crippen LogP contribution < -0.4 is 0 Å². The van der Waals surface area contributed by atoms with Gasteiger partial charge >= 0.3 is 0 Å². The Morgan fingerprint density at radius 2 is 2.60 bits per heavy atom. The largest absolute Gasteiger partial charge is 0.300 e. The maximum Gasteiger partial charge on any atom is 0.134 e. The lowest BCUT2D eigenvalue weighted by molar-refractivity contribution is -0.122. The van der Waals surface area contributed by atoms with Crippen LogP contribution in [0.5, 0.6) is 0 Å². The fourth-order valence-corrected chi connectivity index (χ4v) is 2.44.